The third-order valence-corrected chi connectivity index (χ3v) is 4.32. The molecule has 2 aromatic carbocycles. The average Bonchev–Trinajstić information content (AvgIpc) is 2.63. The van der Waals surface area contributed by atoms with E-state index in [2.05, 4.69) is 10.3 Å². The van der Waals surface area contributed by atoms with Crippen molar-refractivity contribution >= 4 is 58.3 Å². The summed E-state index contributed by atoms with van der Waals surface area (Å²) in [7, 11) is 0. The van der Waals surface area contributed by atoms with E-state index in [0.29, 0.717) is 28.8 Å². The highest BCUT2D eigenvalue weighted by Gasteiger charge is 2.38. The van der Waals surface area contributed by atoms with Gasteiger partial charge in [-0.05, 0) is 55.5 Å². The summed E-state index contributed by atoms with van der Waals surface area (Å²) in [6.07, 6.45) is 1.31. The van der Waals surface area contributed by atoms with E-state index in [0.717, 1.165) is 0 Å². The van der Waals surface area contributed by atoms with Gasteiger partial charge in [-0.25, -0.2) is 0 Å². The van der Waals surface area contributed by atoms with Crippen LogP contribution in [0.4, 0.5) is 11.4 Å². The monoisotopic (exact) mass is 401 g/mol. The van der Waals surface area contributed by atoms with Crippen LogP contribution in [0.1, 0.15) is 6.92 Å². The molecular formula is C19H16ClN3O3S. The Morgan fingerprint density at radius 1 is 1.26 bits per heavy atom. The molecule has 0 radical (unpaired) electrons. The normalized spacial score (nSPS) is 17.3. The number of thiocarbonyl (C=S) groups is 1. The highest BCUT2D eigenvalue weighted by molar-refractivity contribution is 7.80. The Labute approximate surface area is 166 Å². The Bertz CT molecular complexity index is 915. The molecule has 1 N–H and O–H groups in total. The van der Waals surface area contributed by atoms with Crippen LogP contribution >= 0.6 is 23.8 Å². The molecule has 27 heavy (non-hydrogen) atoms. The Hall–Kier alpha value is -2.77. The van der Waals surface area contributed by atoms with Gasteiger partial charge in [0.2, 0.25) is 5.91 Å². The molecule has 0 bridgehead atoms. The van der Waals surface area contributed by atoms with Crippen LogP contribution in [0.5, 0.6) is 5.75 Å². The van der Waals surface area contributed by atoms with E-state index in [1.54, 1.807) is 42.5 Å². The van der Waals surface area contributed by atoms with Crippen LogP contribution in [0.25, 0.3) is 0 Å². The first-order valence-corrected chi connectivity index (χ1v) is 8.99. The topological polar surface area (TPSA) is 71.0 Å². The standard InChI is InChI=1S/C19H16ClN3O3S/c1-2-26-15-5-3-4-13(10-15)21-11-16-17(24)22-19(27)23(18(16)25)14-8-6-12(20)7-9-14/h3-11,16H,2H2,1H3,(H,22,24,27)/t16-/m1/s1. The summed E-state index contributed by atoms with van der Waals surface area (Å²) in [5.74, 6) is -1.42. The Kier molecular flexibility index (Phi) is 5.83. The second kappa shape index (κ2) is 8.28. The first kappa shape index (κ1) is 19.0. The number of amides is 2. The Balaban J connectivity index is 1.85. The van der Waals surface area contributed by atoms with E-state index in [9.17, 15) is 9.59 Å². The van der Waals surface area contributed by atoms with Gasteiger partial charge in [-0.15, -0.1) is 0 Å². The predicted molar refractivity (Wildman–Crippen MR) is 109 cm³/mol. The molecule has 1 fully saturated rings. The van der Waals surface area contributed by atoms with Gasteiger partial charge in [-0.1, -0.05) is 17.7 Å². The van der Waals surface area contributed by atoms with Crippen molar-refractivity contribution in [3.63, 3.8) is 0 Å². The molecule has 1 atom stereocenters. The molecule has 1 saturated heterocycles. The molecule has 3 rings (SSSR count). The number of aliphatic imine (C=N–C) groups is 1. The van der Waals surface area contributed by atoms with Gasteiger partial charge in [0.1, 0.15) is 5.75 Å². The quantitative estimate of drug-likeness (QED) is 0.473. The molecule has 1 aliphatic rings. The molecule has 0 unspecified atom stereocenters. The summed E-state index contributed by atoms with van der Waals surface area (Å²) in [6, 6.07) is 13.7. The van der Waals surface area contributed by atoms with Crippen LogP contribution in [0.15, 0.2) is 53.5 Å². The lowest BCUT2D eigenvalue weighted by Crippen LogP contribution is -2.58. The fourth-order valence-electron chi connectivity index (χ4n) is 2.54. The Morgan fingerprint density at radius 3 is 2.70 bits per heavy atom. The number of carbonyl (C=O) groups excluding carboxylic acids is 2. The summed E-state index contributed by atoms with van der Waals surface area (Å²) in [5, 5.41) is 3.10. The molecule has 0 saturated carbocycles. The summed E-state index contributed by atoms with van der Waals surface area (Å²) in [6.45, 7) is 2.42. The van der Waals surface area contributed by atoms with Crippen molar-refractivity contribution in [3.05, 3.63) is 53.6 Å². The Morgan fingerprint density at radius 2 is 2.00 bits per heavy atom. The summed E-state index contributed by atoms with van der Waals surface area (Å²) >= 11 is 11.0. The van der Waals surface area contributed by atoms with Crippen molar-refractivity contribution in [1.82, 2.24) is 5.32 Å². The van der Waals surface area contributed by atoms with Crippen molar-refractivity contribution in [2.75, 3.05) is 11.5 Å². The lowest BCUT2D eigenvalue weighted by molar-refractivity contribution is -0.130. The number of rotatable bonds is 5. The SMILES string of the molecule is CCOc1cccc(N=C[C@@H]2C(=O)NC(=S)N(c3ccc(Cl)cc3)C2=O)c1. The lowest BCUT2D eigenvalue weighted by Gasteiger charge is -2.30. The van der Waals surface area contributed by atoms with Gasteiger partial charge in [-0.3, -0.25) is 19.5 Å². The van der Waals surface area contributed by atoms with Crippen molar-refractivity contribution in [1.29, 1.82) is 0 Å². The molecule has 1 heterocycles. The molecule has 0 spiro atoms. The van der Waals surface area contributed by atoms with Crippen LogP contribution < -0.4 is 15.0 Å². The van der Waals surface area contributed by atoms with Gasteiger partial charge in [-0.2, -0.15) is 0 Å². The zero-order valence-corrected chi connectivity index (χ0v) is 16.0. The predicted octanol–water partition coefficient (Wildman–Crippen LogP) is 3.51. The van der Waals surface area contributed by atoms with Gasteiger partial charge in [0, 0.05) is 17.3 Å². The fourth-order valence-corrected chi connectivity index (χ4v) is 2.96. The number of hydrogen-bond acceptors (Lipinski definition) is 5. The molecule has 138 valence electrons. The van der Waals surface area contributed by atoms with Gasteiger partial charge >= 0.3 is 0 Å². The molecule has 8 heteroatoms. The van der Waals surface area contributed by atoms with E-state index in [1.807, 2.05) is 13.0 Å². The minimum absolute atomic E-state index is 0.0234. The van der Waals surface area contributed by atoms with Crippen LogP contribution in [0.3, 0.4) is 0 Å². The zero-order valence-electron chi connectivity index (χ0n) is 14.4. The van der Waals surface area contributed by atoms with Gasteiger partial charge < -0.3 is 10.1 Å². The molecule has 6 nitrogen and oxygen atoms in total. The number of anilines is 1. The number of ether oxygens (including phenoxy) is 1. The molecule has 0 aliphatic carbocycles. The van der Waals surface area contributed by atoms with E-state index < -0.39 is 17.7 Å². The number of benzene rings is 2. The third-order valence-electron chi connectivity index (χ3n) is 3.79. The molecule has 2 aromatic rings. The van der Waals surface area contributed by atoms with Gasteiger partial charge in [0.05, 0.1) is 18.0 Å². The maximum absolute atomic E-state index is 12.9. The molecular weight excluding hydrogens is 386 g/mol. The summed E-state index contributed by atoms with van der Waals surface area (Å²) < 4.78 is 5.42. The first-order valence-electron chi connectivity index (χ1n) is 8.21. The van der Waals surface area contributed by atoms with Gasteiger partial charge in [0.15, 0.2) is 11.0 Å². The highest BCUT2D eigenvalue weighted by atomic mass is 35.5. The second-order valence-electron chi connectivity index (χ2n) is 5.63. The molecule has 2 amide bonds. The van der Waals surface area contributed by atoms with E-state index in [4.69, 9.17) is 28.6 Å². The smallest absolute Gasteiger partial charge is 0.251 e. The van der Waals surface area contributed by atoms with Crippen molar-refractivity contribution in [2.24, 2.45) is 10.9 Å². The van der Waals surface area contributed by atoms with Crippen molar-refractivity contribution in [2.45, 2.75) is 6.92 Å². The summed E-state index contributed by atoms with van der Waals surface area (Å²) in [4.78, 5) is 30.6. The van der Waals surface area contributed by atoms with Crippen LogP contribution in [0, 0.1) is 5.92 Å². The fraction of sp³-hybridized carbons (Fsp3) is 0.158. The largest absolute Gasteiger partial charge is 0.494 e. The third kappa shape index (κ3) is 4.32. The van der Waals surface area contributed by atoms with Crippen molar-refractivity contribution < 1.29 is 14.3 Å². The minimum Gasteiger partial charge on any atom is -0.494 e. The lowest BCUT2D eigenvalue weighted by atomic mass is 10.1. The maximum atomic E-state index is 12.9. The van der Waals surface area contributed by atoms with Crippen LogP contribution in [-0.2, 0) is 9.59 Å². The number of carbonyl (C=O) groups is 2. The number of hydrogen-bond donors (Lipinski definition) is 1. The van der Waals surface area contributed by atoms with Crippen LogP contribution in [-0.4, -0.2) is 29.7 Å². The van der Waals surface area contributed by atoms with E-state index in [-0.39, 0.29) is 5.11 Å². The number of halogens is 1. The highest BCUT2D eigenvalue weighted by Crippen LogP contribution is 2.24. The van der Waals surface area contributed by atoms with E-state index >= 15 is 0 Å². The van der Waals surface area contributed by atoms with E-state index in [1.165, 1.54) is 11.1 Å². The average molecular weight is 402 g/mol. The second-order valence-corrected chi connectivity index (χ2v) is 6.45. The maximum Gasteiger partial charge on any atom is 0.251 e. The number of nitrogens with one attached hydrogen (secondary N) is 1. The molecule has 0 aromatic heterocycles. The summed E-state index contributed by atoms with van der Waals surface area (Å²) in [5.41, 5.74) is 1.10. The van der Waals surface area contributed by atoms with Gasteiger partial charge in [0.25, 0.3) is 5.91 Å². The first-order chi connectivity index (χ1) is 13.0. The van der Waals surface area contributed by atoms with Crippen LogP contribution in [0.2, 0.25) is 5.02 Å². The number of nitrogens with zero attached hydrogens (tertiary/aromatic N) is 2. The minimum atomic E-state index is -1.09. The molecule has 1 aliphatic heterocycles. The zero-order chi connectivity index (χ0) is 19.4. The van der Waals surface area contributed by atoms with Crippen molar-refractivity contribution in [3.8, 4) is 5.75 Å².